The van der Waals surface area contributed by atoms with Crippen LogP contribution in [0, 0.1) is 9.49 Å². The molecule has 1 aromatic carbocycles. The first-order chi connectivity index (χ1) is 8.34. The number of hydrogen-bond donors (Lipinski definition) is 0. The van der Waals surface area contributed by atoms with Crippen LogP contribution in [0.1, 0.15) is 37.8 Å². The van der Waals surface area contributed by atoms with E-state index >= 15 is 0 Å². The number of rotatable bonds is 2. The Bertz CT molecular complexity index is 512. The highest BCUT2D eigenvalue weighted by atomic mass is 127. The third-order valence-corrected chi connectivity index (χ3v) is 5.26. The molecule has 0 aromatic heterocycles. The molecule has 2 atom stereocenters. The van der Waals surface area contributed by atoms with E-state index in [0.717, 1.165) is 3.58 Å². The Morgan fingerprint density at radius 3 is 2.67 bits per heavy atom. The van der Waals surface area contributed by atoms with E-state index in [4.69, 9.17) is 0 Å². The van der Waals surface area contributed by atoms with Crippen molar-refractivity contribution in [2.75, 3.05) is 0 Å². The smallest absolute Gasteiger partial charge is 0.0133 e. The highest BCUT2D eigenvalue weighted by molar-refractivity contribution is 14.1. The van der Waals surface area contributed by atoms with E-state index in [0.29, 0.717) is 11.8 Å². The van der Waals surface area contributed by atoms with Crippen molar-refractivity contribution in [3.8, 4) is 0 Å². The minimum absolute atomic E-state index is 0.248. The van der Waals surface area contributed by atoms with Gasteiger partial charge in [0.25, 0.3) is 0 Å². The molecule has 0 saturated heterocycles. The maximum Gasteiger partial charge on any atom is 0.0133 e. The van der Waals surface area contributed by atoms with Gasteiger partial charge >= 0.3 is 0 Å². The number of benzene rings is 1. The molecular weight excluding hydrogens is 446 g/mol. The van der Waals surface area contributed by atoms with Crippen molar-refractivity contribution < 1.29 is 0 Å². The molecular formula is C16H18I2. The predicted octanol–water partition coefficient (Wildman–Crippen LogP) is 5.81. The first kappa shape index (κ1) is 14.6. The average Bonchev–Trinajstić information content (AvgIpc) is 2.46. The van der Waals surface area contributed by atoms with Gasteiger partial charge in [0.1, 0.15) is 0 Å². The number of allylic oxidation sites excluding steroid dienone is 3. The van der Waals surface area contributed by atoms with Crippen LogP contribution in [-0.4, -0.2) is 0 Å². The van der Waals surface area contributed by atoms with Crippen LogP contribution >= 0.6 is 45.2 Å². The standard InChI is InChI=1S/C16H18I2/c1-10(17)5-7-13-11(2)16(3,4)15-9-12(18)6-8-14(13)15/h5-9,11,13H,1H2,2-4H3/b7-5-. The lowest BCUT2D eigenvalue weighted by Crippen LogP contribution is -2.22. The lowest BCUT2D eigenvalue weighted by atomic mass is 9.77. The Labute approximate surface area is 137 Å². The molecule has 0 nitrogen and oxygen atoms in total. The Morgan fingerprint density at radius 1 is 1.39 bits per heavy atom. The van der Waals surface area contributed by atoms with Crippen LogP contribution in [0.25, 0.3) is 0 Å². The quantitative estimate of drug-likeness (QED) is 0.383. The summed E-state index contributed by atoms with van der Waals surface area (Å²) in [5.74, 6) is 1.14. The van der Waals surface area contributed by atoms with Gasteiger partial charge in [0, 0.05) is 13.1 Å². The molecule has 0 spiro atoms. The summed E-state index contributed by atoms with van der Waals surface area (Å²) in [6.45, 7) is 11.0. The van der Waals surface area contributed by atoms with E-state index in [9.17, 15) is 0 Å². The topological polar surface area (TPSA) is 0 Å². The molecule has 0 fully saturated rings. The van der Waals surface area contributed by atoms with E-state index in [-0.39, 0.29) is 5.41 Å². The zero-order valence-electron chi connectivity index (χ0n) is 11.0. The molecule has 1 aliphatic rings. The third-order valence-electron chi connectivity index (χ3n) is 4.23. The summed E-state index contributed by atoms with van der Waals surface area (Å²) >= 11 is 4.67. The van der Waals surface area contributed by atoms with Gasteiger partial charge in [-0.25, -0.2) is 0 Å². The molecule has 2 heteroatoms. The summed E-state index contributed by atoms with van der Waals surface area (Å²) in [5.41, 5.74) is 3.25. The Kier molecular flexibility index (Phi) is 4.26. The molecule has 2 unspecified atom stereocenters. The van der Waals surface area contributed by atoms with Crippen LogP contribution in [0.2, 0.25) is 0 Å². The molecule has 1 aliphatic carbocycles. The third kappa shape index (κ3) is 2.55. The average molecular weight is 464 g/mol. The summed E-state index contributed by atoms with van der Waals surface area (Å²) in [6, 6.07) is 6.86. The second-order valence-electron chi connectivity index (χ2n) is 5.57. The lowest BCUT2D eigenvalue weighted by molar-refractivity contribution is 0.357. The lowest BCUT2D eigenvalue weighted by Gasteiger charge is -2.27. The van der Waals surface area contributed by atoms with Gasteiger partial charge in [-0.1, -0.05) is 45.6 Å². The van der Waals surface area contributed by atoms with Crippen molar-refractivity contribution in [2.45, 2.75) is 32.1 Å². The number of fused-ring (bicyclic) bond motifs is 1. The zero-order chi connectivity index (χ0) is 13.5. The van der Waals surface area contributed by atoms with Crippen molar-refractivity contribution in [2.24, 2.45) is 5.92 Å². The minimum Gasteiger partial charge on any atom is -0.0856 e. The van der Waals surface area contributed by atoms with E-state index in [2.05, 4.69) is 103 Å². The molecule has 0 radical (unpaired) electrons. The fraction of sp³-hybridized carbons (Fsp3) is 0.375. The fourth-order valence-electron chi connectivity index (χ4n) is 2.82. The fourth-order valence-corrected chi connectivity index (χ4v) is 3.52. The highest BCUT2D eigenvalue weighted by Gasteiger charge is 2.42. The van der Waals surface area contributed by atoms with Crippen molar-refractivity contribution in [3.05, 3.63) is 55.2 Å². The van der Waals surface area contributed by atoms with Gasteiger partial charge in [-0.2, -0.15) is 0 Å². The largest absolute Gasteiger partial charge is 0.0856 e. The minimum atomic E-state index is 0.248. The molecule has 0 N–H and O–H groups in total. The Morgan fingerprint density at radius 2 is 2.06 bits per heavy atom. The summed E-state index contributed by atoms with van der Waals surface area (Å²) < 4.78 is 2.42. The molecule has 1 aromatic rings. The predicted molar refractivity (Wildman–Crippen MR) is 96.4 cm³/mol. The molecule has 18 heavy (non-hydrogen) atoms. The van der Waals surface area contributed by atoms with Crippen LogP contribution in [0.5, 0.6) is 0 Å². The molecule has 0 amide bonds. The molecule has 0 aliphatic heterocycles. The second kappa shape index (κ2) is 5.27. The van der Waals surface area contributed by atoms with Crippen molar-refractivity contribution in [1.82, 2.24) is 0 Å². The van der Waals surface area contributed by atoms with Gasteiger partial charge in [0.2, 0.25) is 0 Å². The molecule has 96 valence electrons. The van der Waals surface area contributed by atoms with Crippen molar-refractivity contribution in [1.29, 1.82) is 0 Å². The van der Waals surface area contributed by atoms with Crippen molar-refractivity contribution >= 4 is 45.2 Å². The van der Waals surface area contributed by atoms with E-state index in [1.807, 2.05) is 0 Å². The molecule has 0 heterocycles. The molecule has 0 saturated carbocycles. The van der Waals surface area contributed by atoms with E-state index in [1.54, 1.807) is 0 Å². The normalized spacial score (nSPS) is 25.4. The van der Waals surface area contributed by atoms with Crippen LogP contribution in [-0.2, 0) is 5.41 Å². The maximum atomic E-state index is 3.95. The summed E-state index contributed by atoms with van der Waals surface area (Å²) in [5, 5.41) is 0. The number of hydrogen-bond acceptors (Lipinski definition) is 0. The Balaban J connectivity index is 2.50. The molecule has 0 bridgehead atoms. The van der Waals surface area contributed by atoms with E-state index < -0.39 is 0 Å². The van der Waals surface area contributed by atoms with Gasteiger partial charge in [-0.3, -0.25) is 0 Å². The first-order valence-corrected chi connectivity index (χ1v) is 8.32. The Hall–Kier alpha value is 0.160. The van der Waals surface area contributed by atoms with Crippen molar-refractivity contribution in [3.63, 3.8) is 0 Å². The maximum absolute atomic E-state index is 3.95. The first-order valence-electron chi connectivity index (χ1n) is 6.16. The van der Waals surface area contributed by atoms with E-state index in [1.165, 1.54) is 14.7 Å². The van der Waals surface area contributed by atoms with Gasteiger partial charge in [0.15, 0.2) is 0 Å². The van der Waals surface area contributed by atoms with Crippen LogP contribution in [0.15, 0.2) is 40.5 Å². The summed E-state index contributed by atoms with van der Waals surface area (Å²) in [7, 11) is 0. The second-order valence-corrected chi connectivity index (χ2v) is 8.20. The summed E-state index contributed by atoms with van der Waals surface area (Å²) in [4.78, 5) is 0. The van der Waals surface area contributed by atoms with Crippen LogP contribution in [0.3, 0.4) is 0 Å². The molecule has 2 rings (SSSR count). The van der Waals surface area contributed by atoms with Gasteiger partial charge < -0.3 is 0 Å². The number of halogens is 2. The SMILES string of the molecule is C=C(I)/C=C\C1c2ccc(I)cc2C(C)(C)C1C. The monoisotopic (exact) mass is 464 g/mol. The van der Waals surface area contributed by atoms with Gasteiger partial charge in [-0.15, -0.1) is 0 Å². The summed E-state index contributed by atoms with van der Waals surface area (Å²) in [6.07, 6.45) is 4.46. The highest BCUT2D eigenvalue weighted by Crippen LogP contribution is 2.51. The van der Waals surface area contributed by atoms with Gasteiger partial charge in [-0.05, 0) is 79.8 Å². The van der Waals surface area contributed by atoms with Gasteiger partial charge in [0.05, 0.1) is 0 Å². The van der Waals surface area contributed by atoms with Crippen LogP contribution in [0.4, 0.5) is 0 Å². The zero-order valence-corrected chi connectivity index (χ0v) is 15.3. The van der Waals surface area contributed by atoms with Crippen LogP contribution < -0.4 is 0 Å².